The van der Waals surface area contributed by atoms with Crippen LogP contribution in [0.1, 0.15) is 5.56 Å². The number of nitrogens with zero attached hydrogens (tertiary/aromatic N) is 2. The van der Waals surface area contributed by atoms with Crippen LogP contribution in [0.3, 0.4) is 0 Å². The molecule has 0 spiro atoms. The van der Waals surface area contributed by atoms with Crippen molar-refractivity contribution in [1.82, 2.24) is 4.57 Å². The highest BCUT2D eigenvalue weighted by Crippen LogP contribution is 2.27. The Labute approximate surface area is 90.9 Å². The first-order valence-corrected chi connectivity index (χ1v) is 5.12. The molecule has 2 rings (SSSR count). The second-order valence-electron chi connectivity index (χ2n) is 3.24. The topological polar surface area (TPSA) is 28.7 Å². The van der Waals surface area contributed by atoms with Crippen LogP contribution in [0.25, 0.3) is 10.9 Å². The molecule has 1 aromatic heterocycles. The van der Waals surface area contributed by atoms with Crippen LogP contribution >= 0.6 is 15.9 Å². The van der Waals surface area contributed by atoms with E-state index < -0.39 is 0 Å². The number of nitriles is 1. The van der Waals surface area contributed by atoms with E-state index in [1.165, 1.54) is 5.39 Å². The highest BCUT2D eigenvalue weighted by Gasteiger charge is 2.07. The van der Waals surface area contributed by atoms with E-state index in [0.717, 1.165) is 15.6 Å². The quantitative estimate of drug-likeness (QED) is 0.763. The molecule has 3 heteroatoms. The highest BCUT2D eigenvalue weighted by molar-refractivity contribution is 9.10. The van der Waals surface area contributed by atoms with Gasteiger partial charge in [-0.15, -0.1) is 0 Å². The van der Waals surface area contributed by atoms with Crippen molar-refractivity contribution in [2.75, 3.05) is 0 Å². The summed E-state index contributed by atoms with van der Waals surface area (Å²) in [7, 11) is 1.99. The van der Waals surface area contributed by atoms with Crippen LogP contribution in [-0.2, 0) is 13.5 Å². The largest absolute Gasteiger partial charge is 0.349 e. The van der Waals surface area contributed by atoms with Gasteiger partial charge in [-0.25, -0.2) is 0 Å². The van der Waals surface area contributed by atoms with Crippen molar-refractivity contribution in [2.24, 2.45) is 7.05 Å². The van der Waals surface area contributed by atoms with E-state index in [0.29, 0.717) is 6.42 Å². The summed E-state index contributed by atoms with van der Waals surface area (Å²) in [5, 5.41) is 9.87. The van der Waals surface area contributed by atoms with E-state index in [1.807, 2.05) is 29.9 Å². The summed E-state index contributed by atoms with van der Waals surface area (Å²) in [6.45, 7) is 0. The molecule has 14 heavy (non-hydrogen) atoms. The zero-order valence-electron chi connectivity index (χ0n) is 7.79. The number of hydrogen-bond donors (Lipinski definition) is 0. The number of benzene rings is 1. The van der Waals surface area contributed by atoms with E-state index in [-0.39, 0.29) is 0 Å². The molecule has 1 aromatic carbocycles. The van der Waals surface area contributed by atoms with Gasteiger partial charge in [0.1, 0.15) is 0 Å². The lowest BCUT2D eigenvalue weighted by Crippen LogP contribution is -1.90. The molecule has 0 unspecified atom stereocenters. The SMILES string of the molecule is Cn1cc(Br)c2cccc(CC#N)c21. The molecule has 0 fully saturated rings. The predicted molar refractivity (Wildman–Crippen MR) is 59.9 cm³/mol. The lowest BCUT2D eigenvalue weighted by Gasteiger charge is -2.01. The molecule has 0 aliphatic heterocycles. The summed E-state index contributed by atoms with van der Waals surface area (Å²) in [6.07, 6.45) is 2.48. The molecule has 0 saturated heterocycles. The van der Waals surface area contributed by atoms with Crippen molar-refractivity contribution in [3.8, 4) is 6.07 Å². The fourth-order valence-electron chi connectivity index (χ4n) is 1.73. The summed E-state index contributed by atoms with van der Waals surface area (Å²) in [6, 6.07) is 8.22. The number of fused-ring (bicyclic) bond motifs is 1. The third kappa shape index (κ3) is 1.32. The molecule has 0 atom stereocenters. The normalized spacial score (nSPS) is 10.4. The number of aryl methyl sites for hydroxylation is 1. The second kappa shape index (κ2) is 3.47. The predicted octanol–water partition coefficient (Wildman–Crippen LogP) is 3.01. The summed E-state index contributed by atoms with van der Waals surface area (Å²) in [5.74, 6) is 0. The van der Waals surface area contributed by atoms with Gasteiger partial charge in [0.25, 0.3) is 0 Å². The number of hydrogen-bond acceptors (Lipinski definition) is 1. The van der Waals surface area contributed by atoms with Crippen molar-refractivity contribution in [2.45, 2.75) is 6.42 Å². The van der Waals surface area contributed by atoms with E-state index in [9.17, 15) is 0 Å². The highest BCUT2D eigenvalue weighted by atomic mass is 79.9. The lowest BCUT2D eigenvalue weighted by molar-refractivity contribution is 0.958. The molecule has 0 amide bonds. The summed E-state index contributed by atoms with van der Waals surface area (Å²) in [4.78, 5) is 0. The Morgan fingerprint density at radius 2 is 2.29 bits per heavy atom. The average Bonchev–Trinajstić information content (AvgIpc) is 2.44. The Kier molecular flexibility index (Phi) is 2.30. The molecular weight excluding hydrogens is 240 g/mol. The van der Waals surface area contributed by atoms with Crippen LogP contribution in [0.2, 0.25) is 0 Å². The van der Waals surface area contributed by atoms with Gasteiger partial charge in [-0.3, -0.25) is 0 Å². The average molecular weight is 249 g/mol. The van der Waals surface area contributed by atoms with Gasteiger partial charge in [-0.2, -0.15) is 5.26 Å². The maximum Gasteiger partial charge on any atom is 0.0670 e. The van der Waals surface area contributed by atoms with Crippen LogP contribution in [0.15, 0.2) is 28.9 Å². The standard InChI is InChI=1S/C11H9BrN2/c1-14-7-10(12)9-4-2-3-8(5-6-13)11(9)14/h2-4,7H,5H2,1H3. The van der Waals surface area contributed by atoms with Gasteiger partial charge in [0.2, 0.25) is 0 Å². The molecule has 1 heterocycles. The number of rotatable bonds is 1. The van der Waals surface area contributed by atoms with Crippen molar-refractivity contribution in [1.29, 1.82) is 5.26 Å². The third-order valence-electron chi connectivity index (χ3n) is 2.31. The molecule has 0 radical (unpaired) electrons. The number of para-hydroxylation sites is 1. The van der Waals surface area contributed by atoms with Crippen molar-refractivity contribution >= 4 is 26.8 Å². The zero-order valence-corrected chi connectivity index (χ0v) is 9.37. The first kappa shape index (κ1) is 9.29. The van der Waals surface area contributed by atoms with Gasteiger partial charge in [-0.1, -0.05) is 18.2 Å². The minimum atomic E-state index is 0.460. The fourth-order valence-corrected chi connectivity index (χ4v) is 2.36. The first-order chi connectivity index (χ1) is 6.74. The maximum absolute atomic E-state index is 8.71. The van der Waals surface area contributed by atoms with Gasteiger partial charge >= 0.3 is 0 Å². The van der Waals surface area contributed by atoms with Gasteiger partial charge in [0, 0.05) is 23.1 Å². The van der Waals surface area contributed by atoms with Gasteiger partial charge in [0.05, 0.1) is 18.0 Å². The second-order valence-corrected chi connectivity index (χ2v) is 4.09. The molecule has 2 aromatic rings. The molecule has 0 saturated carbocycles. The van der Waals surface area contributed by atoms with E-state index in [2.05, 4.69) is 28.1 Å². The number of halogens is 1. The maximum atomic E-state index is 8.71. The molecule has 70 valence electrons. The van der Waals surface area contributed by atoms with E-state index in [4.69, 9.17) is 5.26 Å². The Morgan fingerprint density at radius 1 is 1.50 bits per heavy atom. The van der Waals surface area contributed by atoms with Gasteiger partial charge < -0.3 is 4.57 Å². The molecule has 2 nitrogen and oxygen atoms in total. The van der Waals surface area contributed by atoms with Crippen LogP contribution in [0.4, 0.5) is 0 Å². The fraction of sp³-hybridized carbons (Fsp3) is 0.182. The van der Waals surface area contributed by atoms with E-state index in [1.54, 1.807) is 0 Å². The zero-order chi connectivity index (χ0) is 10.1. The smallest absolute Gasteiger partial charge is 0.0670 e. The summed E-state index contributed by atoms with van der Waals surface area (Å²) in [5.41, 5.74) is 2.22. The van der Waals surface area contributed by atoms with Crippen LogP contribution in [0.5, 0.6) is 0 Å². The van der Waals surface area contributed by atoms with Gasteiger partial charge in [0.15, 0.2) is 0 Å². The minimum absolute atomic E-state index is 0.460. The van der Waals surface area contributed by atoms with Gasteiger partial charge in [-0.05, 0) is 21.5 Å². The van der Waals surface area contributed by atoms with Crippen LogP contribution in [-0.4, -0.2) is 4.57 Å². The van der Waals surface area contributed by atoms with Crippen molar-refractivity contribution in [3.63, 3.8) is 0 Å². The molecule has 0 bridgehead atoms. The summed E-state index contributed by atoms with van der Waals surface area (Å²) < 4.78 is 3.13. The van der Waals surface area contributed by atoms with E-state index >= 15 is 0 Å². The lowest BCUT2D eigenvalue weighted by atomic mass is 10.1. The monoisotopic (exact) mass is 248 g/mol. The molecular formula is C11H9BrN2. The van der Waals surface area contributed by atoms with Crippen molar-refractivity contribution in [3.05, 3.63) is 34.4 Å². The Hall–Kier alpha value is -1.27. The Bertz CT molecular complexity index is 520. The molecule has 0 aliphatic carbocycles. The molecule has 0 aliphatic rings. The minimum Gasteiger partial charge on any atom is -0.349 e. The van der Waals surface area contributed by atoms with Crippen LogP contribution in [0, 0.1) is 11.3 Å². The summed E-state index contributed by atoms with van der Waals surface area (Å²) >= 11 is 3.50. The Morgan fingerprint density at radius 3 is 3.00 bits per heavy atom. The van der Waals surface area contributed by atoms with Crippen molar-refractivity contribution < 1.29 is 0 Å². The first-order valence-electron chi connectivity index (χ1n) is 4.33. The Balaban J connectivity index is 2.80. The third-order valence-corrected chi connectivity index (χ3v) is 2.94. The molecule has 0 N–H and O–H groups in total. The van der Waals surface area contributed by atoms with Crippen LogP contribution < -0.4 is 0 Å². The number of aromatic nitrogens is 1.